The van der Waals surface area contributed by atoms with Gasteiger partial charge in [-0.05, 0) is 63.8 Å². The van der Waals surface area contributed by atoms with E-state index in [0.29, 0.717) is 18.8 Å². The number of rotatable bonds is 4. The third kappa shape index (κ3) is 4.23. The van der Waals surface area contributed by atoms with Gasteiger partial charge in [-0.25, -0.2) is 13.9 Å². The lowest BCUT2D eigenvalue weighted by molar-refractivity contribution is -0.146. The van der Waals surface area contributed by atoms with Gasteiger partial charge in [-0.1, -0.05) is 0 Å². The van der Waals surface area contributed by atoms with Gasteiger partial charge >= 0.3 is 5.97 Å². The summed E-state index contributed by atoms with van der Waals surface area (Å²) in [7, 11) is 0. The van der Waals surface area contributed by atoms with E-state index in [0.717, 1.165) is 36.9 Å². The minimum absolute atomic E-state index is 0.0492. The van der Waals surface area contributed by atoms with Crippen LogP contribution in [-0.2, 0) is 27.1 Å². The predicted octanol–water partition coefficient (Wildman–Crippen LogP) is 2.68. The van der Waals surface area contributed by atoms with Crippen LogP contribution in [-0.4, -0.2) is 58.5 Å². The Morgan fingerprint density at radius 2 is 1.80 bits per heavy atom. The third-order valence-electron chi connectivity index (χ3n) is 5.54. The zero-order valence-electron chi connectivity index (χ0n) is 17.3. The van der Waals surface area contributed by atoms with E-state index in [1.54, 1.807) is 21.7 Å². The molecule has 1 aliphatic carbocycles. The molecule has 7 nitrogen and oxygen atoms in total. The highest BCUT2D eigenvalue weighted by Crippen LogP contribution is 2.27. The summed E-state index contributed by atoms with van der Waals surface area (Å²) < 4.78 is 26.0. The fourth-order valence-electron chi connectivity index (χ4n) is 4.23. The Bertz CT molecular complexity index is 931. The van der Waals surface area contributed by atoms with Gasteiger partial charge in [-0.3, -0.25) is 4.79 Å². The van der Waals surface area contributed by atoms with Gasteiger partial charge in [0.2, 0.25) is 0 Å². The molecule has 2 unspecified atom stereocenters. The van der Waals surface area contributed by atoms with Crippen molar-refractivity contribution in [3.05, 3.63) is 47.0 Å². The molecule has 1 amide bonds. The van der Waals surface area contributed by atoms with Crippen molar-refractivity contribution in [2.45, 2.75) is 51.7 Å². The lowest BCUT2D eigenvalue weighted by atomic mass is 9.95. The normalized spacial score (nSPS) is 21.2. The van der Waals surface area contributed by atoms with Crippen molar-refractivity contribution in [1.82, 2.24) is 14.7 Å². The average Bonchev–Trinajstić information content (AvgIpc) is 3.11. The highest BCUT2D eigenvalue weighted by atomic mass is 19.1. The summed E-state index contributed by atoms with van der Waals surface area (Å²) in [5.74, 6) is -1.17. The second-order valence-corrected chi connectivity index (χ2v) is 8.00. The van der Waals surface area contributed by atoms with Crippen molar-refractivity contribution < 1.29 is 23.5 Å². The zero-order valence-corrected chi connectivity index (χ0v) is 17.3. The Morgan fingerprint density at radius 3 is 2.50 bits per heavy atom. The molecule has 1 fully saturated rings. The van der Waals surface area contributed by atoms with Crippen molar-refractivity contribution >= 4 is 11.9 Å². The number of carbonyl (C=O) groups excluding carboxylic acids is 2. The summed E-state index contributed by atoms with van der Waals surface area (Å²) in [5.41, 5.74) is 2.74. The number of fused-ring (bicyclic) bond motifs is 1. The number of ether oxygens (including phenoxy) is 2. The van der Waals surface area contributed by atoms with E-state index in [-0.39, 0.29) is 36.2 Å². The van der Waals surface area contributed by atoms with Crippen LogP contribution in [0.3, 0.4) is 0 Å². The van der Waals surface area contributed by atoms with E-state index in [1.165, 1.54) is 12.1 Å². The number of hydrogen-bond acceptors (Lipinski definition) is 5. The smallest absolute Gasteiger partial charge is 0.359 e. The van der Waals surface area contributed by atoms with Crippen molar-refractivity contribution in [2.75, 3.05) is 19.7 Å². The lowest BCUT2D eigenvalue weighted by Crippen LogP contribution is -2.49. The van der Waals surface area contributed by atoms with Gasteiger partial charge < -0.3 is 14.4 Å². The van der Waals surface area contributed by atoms with Gasteiger partial charge in [0.15, 0.2) is 12.3 Å². The molecule has 4 rings (SSSR count). The maximum absolute atomic E-state index is 13.3. The van der Waals surface area contributed by atoms with E-state index in [4.69, 9.17) is 9.47 Å². The van der Waals surface area contributed by atoms with E-state index in [1.807, 2.05) is 13.8 Å². The van der Waals surface area contributed by atoms with Gasteiger partial charge in [-0.15, -0.1) is 0 Å². The Kier molecular flexibility index (Phi) is 5.85. The van der Waals surface area contributed by atoms with Crippen molar-refractivity contribution in [1.29, 1.82) is 0 Å². The number of benzene rings is 1. The van der Waals surface area contributed by atoms with E-state index in [2.05, 4.69) is 5.10 Å². The minimum Gasteiger partial charge on any atom is -0.451 e. The molecule has 2 atom stereocenters. The second kappa shape index (κ2) is 8.55. The number of carbonyl (C=O) groups is 2. The highest BCUT2D eigenvalue weighted by molar-refractivity contribution is 5.91. The number of nitrogens with zero attached hydrogens (tertiary/aromatic N) is 3. The van der Waals surface area contributed by atoms with E-state index in [9.17, 15) is 14.0 Å². The molecule has 8 heteroatoms. The summed E-state index contributed by atoms with van der Waals surface area (Å²) in [5, 5.41) is 4.48. The molecule has 0 saturated carbocycles. The summed E-state index contributed by atoms with van der Waals surface area (Å²) in [4.78, 5) is 26.9. The first-order chi connectivity index (χ1) is 14.4. The number of aromatic nitrogens is 2. The molecule has 1 saturated heterocycles. The van der Waals surface area contributed by atoms with Crippen LogP contribution in [0.15, 0.2) is 24.3 Å². The first-order valence-corrected chi connectivity index (χ1v) is 10.4. The standard InChI is InChI=1S/C22H26FN3O4/c1-14-11-25(12-15(2)30-14)20(27)13-29-22(28)21-18-5-3-4-6-19(18)26(24-21)17-9-7-16(23)8-10-17/h7-10,14-15H,3-6,11-13H2,1-2H3. The van der Waals surface area contributed by atoms with Gasteiger partial charge in [-0.2, -0.15) is 5.10 Å². The summed E-state index contributed by atoms with van der Waals surface area (Å²) >= 11 is 0. The van der Waals surface area contributed by atoms with Crippen LogP contribution >= 0.6 is 0 Å². The van der Waals surface area contributed by atoms with Gasteiger partial charge in [0.1, 0.15) is 5.82 Å². The topological polar surface area (TPSA) is 73.7 Å². The third-order valence-corrected chi connectivity index (χ3v) is 5.54. The maximum atomic E-state index is 13.3. The lowest BCUT2D eigenvalue weighted by Gasteiger charge is -2.35. The minimum atomic E-state index is -0.600. The van der Waals surface area contributed by atoms with E-state index >= 15 is 0 Å². The molecule has 1 aliphatic heterocycles. The molecule has 30 heavy (non-hydrogen) atoms. The van der Waals surface area contributed by atoms with E-state index < -0.39 is 5.97 Å². The Labute approximate surface area is 174 Å². The molecule has 2 aromatic rings. The molecule has 2 aliphatic rings. The first kappa shape index (κ1) is 20.5. The first-order valence-electron chi connectivity index (χ1n) is 10.4. The Hall–Kier alpha value is -2.74. The molecule has 2 heterocycles. The van der Waals surface area contributed by atoms with Crippen molar-refractivity contribution in [3.63, 3.8) is 0 Å². The van der Waals surface area contributed by atoms with Crippen molar-refractivity contribution in [2.24, 2.45) is 0 Å². The van der Waals surface area contributed by atoms with Crippen LogP contribution in [0.4, 0.5) is 4.39 Å². The van der Waals surface area contributed by atoms with Gasteiger partial charge in [0.25, 0.3) is 5.91 Å². The van der Waals surface area contributed by atoms with Crippen LogP contribution in [0, 0.1) is 5.82 Å². The molecule has 0 bridgehead atoms. The summed E-state index contributed by atoms with van der Waals surface area (Å²) in [6.45, 7) is 4.47. The maximum Gasteiger partial charge on any atom is 0.359 e. The molecule has 0 spiro atoms. The molecule has 1 aromatic carbocycles. The van der Waals surface area contributed by atoms with Crippen molar-refractivity contribution in [3.8, 4) is 5.69 Å². The predicted molar refractivity (Wildman–Crippen MR) is 107 cm³/mol. The Balaban J connectivity index is 1.50. The largest absolute Gasteiger partial charge is 0.451 e. The average molecular weight is 415 g/mol. The van der Waals surface area contributed by atoms with Crippen LogP contribution in [0.25, 0.3) is 5.69 Å². The van der Waals surface area contributed by atoms with Crippen LogP contribution in [0.5, 0.6) is 0 Å². The number of amides is 1. The Morgan fingerprint density at radius 1 is 1.13 bits per heavy atom. The molecule has 0 N–H and O–H groups in total. The molecule has 0 radical (unpaired) electrons. The fourth-order valence-corrected chi connectivity index (χ4v) is 4.23. The number of hydrogen-bond donors (Lipinski definition) is 0. The zero-order chi connectivity index (χ0) is 21.3. The van der Waals surface area contributed by atoms with Crippen LogP contribution < -0.4 is 0 Å². The van der Waals surface area contributed by atoms with Crippen LogP contribution in [0.2, 0.25) is 0 Å². The fraction of sp³-hybridized carbons (Fsp3) is 0.500. The quantitative estimate of drug-likeness (QED) is 0.718. The van der Waals surface area contributed by atoms with Crippen LogP contribution in [0.1, 0.15) is 48.4 Å². The highest BCUT2D eigenvalue weighted by Gasteiger charge is 2.29. The SMILES string of the molecule is CC1CN(C(=O)COC(=O)c2nn(-c3ccc(F)cc3)c3c2CCCC3)CC(C)O1. The van der Waals surface area contributed by atoms with Gasteiger partial charge in [0, 0.05) is 24.3 Å². The summed E-state index contributed by atoms with van der Waals surface area (Å²) in [6, 6.07) is 6.01. The van der Waals surface area contributed by atoms with Gasteiger partial charge in [0.05, 0.1) is 17.9 Å². The molecular weight excluding hydrogens is 389 g/mol. The second-order valence-electron chi connectivity index (χ2n) is 8.00. The number of halogens is 1. The molecule has 160 valence electrons. The molecular formula is C22H26FN3O4. The number of esters is 1. The summed E-state index contributed by atoms with van der Waals surface area (Å²) in [6.07, 6.45) is 3.38. The monoisotopic (exact) mass is 415 g/mol. The molecule has 1 aromatic heterocycles. The number of morpholine rings is 1.